The first-order valence-electron chi connectivity index (χ1n) is 1.22. The molecule has 0 aliphatic rings. The first kappa shape index (κ1) is 9.05. The summed E-state index contributed by atoms with van der Waals surface area (Å²) in [5.74, 6) is 0. The molecule has 0 amide bonds. The maximum atomic E-state index is 2.19. The van der Waals surface area contributed by atoms with Crippen molar-refractivity contribution >= 4 is 19.3 Å². The highest BCUT2D eigenvalue weighted by Crippen LogP contribution is 1.63. The minimum atomic E-state index is 0. The minimum Gasteiger partial charge on any atom is -1.00 e. The molecule has 4 radical (unpaired) electrons. The minimum absolute atomic E-state index is 0. The highest BCUT2D eigenvalue weighted by atomic mass is 32.2. The van der Waals surface area contributed by atoms with Gasteiger partial charge in [-0.1, -0.05) is 0 Å². The van der Waals surface area contributed by atoms with Gasteiger partial charge in [-0.25, -0.2) is 0 Å². The SMILES string of the molecule is C[S+](C)C.[B-]. The fraction of sp³-hybridized carbons (Fsp3) is 1.00. The van der Waals surface area contributed by atoms with E-state index in [1.165, 1.54) is 0 Å². The lowest BCUT2D eigenvalue weighted by molar-refractivity contribution is 2.18. The van der Waals surface area contributed by atoms with Crippen molar-refractivity contribution in [1.29, 1.82) is 0 Å². The Morgan fingerprint density at radius 3 is 1.00 bits per heavy atom. The summed E-state index contributed by atoms with van der Waals surface area (Å²) in [7, 11) is 0.639. The highest BCUT2D eigenvalue weighted by molar-refractivity contribution is 7.94. The Kier molecular flexibility index (Phi) is 7.99. The number of hydrogen-bond acceptors (Lipinski definition) is 0. The van der Waals surface area contributed by atoms with Crippen LogP contribution in [0.5, 0.6) is 0 Å². The summed E-state index contributed by atoms with van der Waals surface area (Å²) < 4.78 is 0. The smallest absolute Gasteiger partial charge is 0.0969 e. The summed E-state index contributed by atoms with van der Waals surface area (Å²) in [5.41, 5.74) is 0. The largest absolute Gasteiger partial charge is 1.00 e. The maximum Gasteiger partial charge on any atom is 0.0969 e. The molecule has 0 spiro atoms. The molecule has 0 aliphatic heterocycles. The molecule has 0 atom stereocenters. The molecule has 0 aromatic heterocycles. The maximum absolute atomic E-state index is 2.19. The standard InChI is InChI=1S/C3H9S.B/c1-4(2)3;/h1-3H3;/q+1;-1. The second-order valence-electron chi connectivity index (χ2n) is 1.22. The van der Waals surface area contributed by atoms with Gasteiger partial charge in [-0.3, -0.25) is 0 Å². The molecule has 0 aromatic rings. The molecule has 0 heterocycles. The van der Waals surface area contributed by atoms with Crippen LogP contribution in [-0.2, 0) is 10.9 Å². The van der Waals surface area contributed by atoms with Crippen LogP contribution in [0.1, 0.15) is 0 Å². The first-order valence-corrected chi connectivity index (χ1v) is 3.67. The van der Waals surface area contributed by atoms with E-state index in [1.807, 2.05) is 0 Å². The number of hydrogen-bond donors (Lipinski definition) is 0. The van der Waals surface area contributed by atoms with Gasteiger partial charge < -0.3 is 8.41 Å². The van der Waals surface area contributed by atoms with Crippen molar-refractivity contribution < 1.29 is 0 Å². The molecule has 0 fully saturated rings. The van der Waals surface area contributed by atoms with E-state index in [0.717, 1.165) is 0 Å². The molecule has 0 N–H and O–H groups in total. The Hall–Kier alpha value is 0.415. The van der Waals surface area contributed by atoms with Gasteiger partial charge >= 0.3 is 0 Å². The summed E-state index contributed by atoms with van der Waals surface area (Å²) in [6.07, 6.45) is 6.58. The van der Waals surface area contributed by atoms with E-state index < -0.39 is 0 Å². The third kappa shape index (κ3) is 150. The molecule has 5 heavy (non-hydrogen) atoms. The fourth-order valence-electron chi connectivity index (χ4n) is 0. The summed E-state index contributed by atoms with van der Waals surface area (Å²) in [5, 5.41) is 0. The van der Waals surface area contributed by atoms with Crippen LogP contribution < -0.4 is 0 Å². The molecular formula is C3H9BS. The molecule has 0 unspecified atom stereocenters. The molecule has 2 heteroatoms. The van der Waals surface area contributed by atoms with Crippen molar-refractivity contribution in [3.63, 3.8) is 0 Å². The summed E-state index contributed by atoms with van der Waals surface area (Å²) in [6.45, 7) is 0. The van der Waals surface area contributed by atoms with E-state index in [-0.39, 0.29) is 8.41 Å². The molecule has 30 valence electrons. The van der Waals surface area contributed by atoms with Crippen molar-refractivity contribution in [3.05, 3.63) is 0 Å². The molecule has 0 aliphatic carbocycles. The summed E-state index contributed by atoms with van der Waals surface area (Å²) >= 11 is 0. The predicted octanol–water partition coefficient (Wildman–Crippen LogP) is 0.113. The summed E-state index contributed by atoms with van der Waals surface area (Å²) in [4.78, 5) is 0. The first-order chi connectivity index (χ1) is 1.73. The van der Waals surface area contributed by atoms with Crippen LogP contribution in [0.25, 0.3) is 0 Å². The lowest BCUT2D eigenvalue weighted by Gasteiger charge is -1.69. The van der Waals surface area contributed by atoms with Gasteiger partial charge in [0.1, 0.15) is 0 Å². The molecule has 0 nitrogen and oxygen atoms in total. The van der Waals surface area contributed by atoms with E-state index >= 15 is 0 Å². The Morgan fingerprint density at radius 1 is 1.00 bits per heavy atom. The van der Waals surface area contributed by atoms with E-state index in [2.05, 4.69) is 18.8 Å². The van der Waals surface area contributed by atoms with E-state index in [0.29, 0.717) is 10.9 Å². The Labute approximate surface area is 38.9 Å². The Balaban J connectivity index is 0. The molecule has 0 rings (SSSR count). The van der Waals surface area contributed by atoms with Gasteiger partial charge in [-0.05, 0) is 10.9 Å². The number of rotatable bonds is 0. The molecule has 0 saturated carbocycles. The second kappa shape index (κ2) is 4.41. The Bertz CT molecular complexity index is 11.6. The van der Waals surface area contributed by atoms with Gasteiger partial charge in [0.05, 0.1) is 18.8 Å². The average Bonchev–Trinajstić information content (AvgIpc) is 0.811. The van der Waals surface area contributed by atoms with Crippen LogP contribution in [0.3, 0.4) is 0 Å². The van der Waals surface area contributed by atoms with Crippen molar-refractivity contribution in [3.8, 4) is 0 Å². The average molecular weight is 88.0 g/mol. The zero-order valence-electron chi connectivity index (χ0n) is 3.99. The molecule has 0 saturated heterocycles. The fourth-order valence-corrected chi connectivity index (χ4v) is 0. The van der Waals surface area contributed by atoms with Gasteiger partial charge in [0.2, 0.25) is 0 Å². The topological polar surface area (TPSA) is 0 Å². The summed E-state index contributed by atoms with van der Waals surface area (Å²) in [6, 6.07) is 0. The van der Waals surface area contributed by atoms with E-state index in [9.17, 15) is 0 Å². The van der Waals surface area contributed by atoms with Crippen molar-refractivity contribution in [2.75, 3.05) is 18.8 Å². The third-order valence-electron chi connectivity index (χ3n) is 0. The van der Waals surface area contributed by atoms with Crippen molar-refractivity contribution in [2.24, 2.45) is 0 Å². The predicted molar refractivity (Wildman–Crippen MR) is 30.9 cm³/mol. The van der Waals surface area contributed by atoms with Crippen LogP contribution in [-0.4, -0.2) is 27.2 Å². The van der Waals surface area contributed by atoms with Crippen LogP contribution in [0.2, 0.25) is 0 Å². The third-order valence-corrected chi connectivity index (χ3v) is 0. The van der Waals surface area contributed by atoms with Gasteiger partial charge in [-0.15, -0.1) is 0 Å². The second-order valence-corrected chi connectivity index (χ2v) is 3.67. The van der Waals surface area contributed by atoms with E-state index in [4.69, 9.17) is 0 Å². The van der Waals surface area contributed by atoms with Crippen molar-refractivity contribution in [2.45, 2.75) is 0 Å². The Morgan fingerprint density at radius 2 is 1.00 bits per heavy atom. The van der Waals surface area contributed by atoms with Crippen molar-refractivity contribution in [1.82, 2.24) is 0 Å². The lowest BCUT2D eigenvalue weighted by Crippen LogP contribution is -1.84. The molecule has 0 aromatic carbocycles. The quantitative estimate of drug-likeness (QED) is 0.291. The molecule has 0 bridgehead atoms. The monoisotopic (exact) mass is 88.1 g/mol. The van der Waals surface area contributed by atoms with Crippen LogP contribution in [0, 0.1) is 0 Å². The zero-order chi connectivity index (χ0) is 3.58. The lowest BCUT2D eigenvalue weighted by atomic mass is 10.8. The van der Waals surface area contributed by atoms with Crippen LogP contribution in [0.15, 0.2) is 0 Å². The van der Waals surface area contributed by atoms with Gasteiger partial charge in [-0.2, -0.15) is 0 Å². The van der Waals surface area contributed by atoms with Crippen LogP contribution in [0.4, 0.5) is 0 Å². The highest BCUT2D eigenvalue weighted by Gasteiger charge is 1.77. The van der Waals surface area contributed by atoms with E-state index in [1.54, 1.807) is 0 Å². The normalized spacial score (nSPS) is 7.20. The van der Waals surface area contributed by atoms with Crippen LogP contribution >= 0.6 is 0 Å². The van der Waals surface area contributed by atoms with Gasteiger partial charge in [0, 0.05) is 0 Å². The van der Waals surface area contributed by atoms with Gasteiger partial charge in [0.15, 0.2) is 0 Å². The van der Waals surface area contributed by atoms with Gasteiger partial charge in [0.25, 0.3) is 0 Å². The molecular weight excluding hydrogens is 78.9 g/mol. The zero-order valence-corrected chi connectivity index (χ0v) is 4.80.